The molecule has 2 aliphatic rings. The fourth-order valence-corrected chi connectivity index (χ4v) is 1.77. The highest BCUT2D eigenvalue weighted by molar-refractivity contribution is 5.89. The third-order valence-electron chi connectivity index (χ3n) is 3.38. The zero-order valence-corrected chi connectivity index (χ0v) is 8.88. The zero-order chi connectivity index (χ0) is 10.2. The molecule has 3 nitrogen and oxygen atoms in total. The summed E-state index contributed by atoms with van der Waals surface area (Å²) in [6.07, 6.45) is 6.59. The molecule has 2 aliphatic carbocycles. The maximum atomic E-state index is 11.7. The van der Waals surface area contributed by atoms with Gasteiger partial charge in [-0.3, -0.25) is 4.79 Å². The standard InChI is InChI=1S/C11H20N2O/c1-2-9(7-8-3-4-8)13-10(14)11(12)5-6-11/h8-9H,2-7,12H2,1H3,(H,13,14). The van der Waals surface area contributed by atoms with Crippen LogP contribution in [-0.2, 0) is 4.79 Å². The zero-order valence-electron chi connectivity index (χ0n) is 8.88. The molecule has 3 N–H and O–H groups in total. The molecule has 0 aromatic rings. The lowest BCUT2D eigenvalue weighted by Crippen LogP contribution is -2.47. The summed E-state index contributed by atoms with van der Waals surface area (Å²) in [6.45, 7) is 2.13. The lowest BCUT2D eigenvalue weighted by molar-refractivity contribution is -0.124. The van der Waals surface area contributed by atoms with Crippen LogP contribution in [-0.4, -0.2) is 17.5 Å². The lowest BCUT2D eigenvalue weighted by atomic mass is 10.1. The number of carbonyl (C=O) groups is 1. The molecule has 0 heterocycles. The second-order valence-electron chi connectivity index (χ2n) is 4.91. The van der Waals surface area contributed by atoms with Gasteiger partial charge in [-0.05, 0) is 31.6 Å². The summed E-state index contributed by atoms with van der Waals surface area (Å²) in [4.78, 5) is 11.7. The molecule has 1 amide bonds. The highest BCUT2D eigenvalue weighted by atomic mass is 16.2. The maximum Gasteiger partial charge on any atom is 0.240 e. The van der Waals surface area contributed by atoms with Crippen LogP contribution >= 0.6 is 0 Å². The Balaban J connectivity index is 1.77. The first-order valence-corrected chi connectivity index (χ1v) is 5.74. The Labute approximate surface area is 85.4 Å². The molecular weight excluding hydrogens is 176 g/mol. The number of hydrogen-bond donors (Lipinski definition) is 2. The van der Waals surface area contributed by atoms with Crippen LogP contribution in [0.15, 0.2) is 0 Å². The SMILES string of the molecule is CCC(CC1CC1)NC(=O)C1(N)CC1. The third-order valence-corrected chi connectivity index (χ3v) is 3.38. The van der Waals surface area contributed by atoms with Crippen molar-refractivity contribution in [3.8, 4) is 0 Å². The number of rotatable bonds is 5. The predicted molar refractivity (Wildman–Crippen MR) is 55.7 cm³/mol. The second kappa shape index (κ2) is 3.54. The van der Waals surface area contributed by atoms with Gasteiger partial charge in [-0.25, -0.2) is 0 Å². The molecule has 0 aromatic heterocycles. The van der Waals surface area contributed by atoms with E-state index in [1.54, 1.807) is 0 Å². The fourth-order valence-electron chi connectivity index (χ4n) is 1.77. The summed E-state index contributed by atoms with van der Waals surface area (Å²) in [5, 5.41) is 3.08. The van der Waals surface area contributed by atoms with E-state index >= 15 is 0 Å². The van der Waals surface area contributed by atoms with Crippen LogP contribution in [0.2, 0.25) is 0 Å². The molecular formula is C11H20N2O. The van der Waals surface area contributed by atoms with Crippen molar-refractivity contribution in [2.75, 3.05) is 0 Å². The molecule has 0 aliphatic heterocycles. The van der Waals surface area contributed by atoms with Crippen LogP contribution in [0.25, 0.3) is 0 Å². The molecule has 0 spiro atoms. The Morgan fingerprint density at radius 3 is 2.64 bits per heavy atom. The average molecular weight is 196 g/mol. The van der Waals surface area contributed by atoms with Gasteiger partial charge in [-0.15, -0.1) is 0 Å². The molecule has 0 radical (unpaired) electrons. The van der Waals surface area contributed by atoms with Crippen molar-refractivity contribution >= 4 is 5.91 Å². The summed E-state index contributed by atoms with van der Waals surface area (Å²) in [5.41, 5.74) is 5.32. The van der Waals surface area contributed by atoms with Gasteiger partial charge in [0.05, 0.1) is 5.54 Å². The van der Waals surface area contributed by atoms with Crippen molar-refractivity contribution < 1.29 is 4.79 Å². The summed E-state index contributed by atoms with van der Waals surface area (Å²) in [7, 11) is 0. The van der Waals surface area contributed by atoms with Gasteiger partial charge < -0.3 is 11.1 Å². The van der Waals surface area contributed by atoms with E-state index in [4.69, 9.17) is 5.73 Å². The first-order chi connectivity index (χ1) is 6.64. The Kier molecular flexibility index (Phi) is 2.52. The quantitative estimate of drug-likeness (QED) is 0.693. The van der Waals surface area contributed by atoms with Gasteiger partial charge in [0.1, 0.15) is 0 Å². The first-order valence-electron chi connectivity index (χ1n) is 5.74. The van der Waals surface area contributed by atoms with Crippen molar-refractivity contribution in [1.29, 1.82) is 0 Å². The first kappa shape index (κ1) is 9.97. The van der Waals surface area contributed by atoms with Gasteiger partial charge in [0, 0.05) is 6.04 Å². The highest BCUT2D eigenvalue weighted by Gasteiger charge is 2.46. The van der Waals surface area contributed by atoms with Gasteiger partial charge in [0.2, 0.25) is 5.91 Å². The number of hydrogen-bond acceptors (Lipinski definition) is 2. The van der Waals surface area contributed by atoms with Gasteiger partial charge in [-0.1, -0.05) is 19.8 Å². The van der Waals surface area contributed by atoms with Crippen molar-refractivity contribution in [3.05, 3.63) is 0 Å². The molecule has 0 bridgehead atoms. The molecule has 2 saturated carbocycles. The monoisotopic (exact) mass is 196 g/mol. The van der Waals surface area contributed by atoms with E-state index in [0.29, 0.717) is 6.04 Å². The van der Waals surface area contributed by atoms with Crippen LogP contribution in [0.5, 0.6) is 0 Å². The minimum atomic E-state index is -0.503. The Morgan fingerprint density at radius 2 is 2.21 bits per heavy atom. The Morgan fingerprint density at radius 1 is 1.57 bits per heavy atom. The smallest absolute Gasteiger partial charge is 0.240 e. The van der Waals surface area contributed by atoms with Crippen molar-refractivity contribution in [3.63, 3.8) is 0 Å². The van der Waals surface area contributed by atoms with Crippen molar-refractivity contribution in [2.45, 2.75) is 57.0 Å². The molecule has 2 fully saturated rings. The number of carbonyl (C=O) groups excluding carboxylic acids is 1. The summed E-state index contributed by atoms with van der Waals surface area (Å²) in [5.74, 6) is 0.943. The van der Waals surface area contributed by atoms with Gasteiger partial charge in [0.15, 0.2) is 0 Å². The molecule has 0 saturated heterocycles. The van der Waals surface area contributed by atoms with Crippen LogP contribution in [0.1, 0.15) is 45.4 Å². The van der Waals surface area contributed by atoms with Gasteiger partial charge in [0.25, 0.3) is 0 Å². The number of amides is 1. The predicted octanol–water partition coefficient (Wildman–Crippen LogP) is 1.17. The third kappa shape index (κ3) is 2.27. The molecule has 0 aromatic carbocycles. The normalized spacial score (nSPS) is 25.6. The largest absolute Gasteiger partial charge is 0.352 e. The molecule has 3 heteroatoms. The minimum Gasteiger partial charge on any atom is -0.352 e. The van der Waals surface area contributed by atoms with E-state index < -0.39 is 5.54 Å². The summed E-state index contributed by atoms with van der Waals surface area (Å²) < 4.78 is 0. The molecule has 14 heavy (non-hydrogen) atoms. The van der Waals surface area contributed by atoms with Crippen molar-refractivity contribution in [1.82, 2.24) is 5.32 Å². The fraction of sp³-hybridized carbons (Fsp3) is 0.909. The number of nitrogens with two attached hydrogens (primary N) is 1. The van der Waals surface area contributed by atoms with E-state index in [1.165, 1.54) is 12.8 Å². The molecule has 1 unspecified atom stereocenters. The summed E-state index contributed by atoms with van der Waals surface area (Å²) in [6, 6.07) is 0.357. The van der Waals surface area contributed by atoms with Crippen molar-refractivity contribution in [2.24, 2.45) is 11.7 Å². The Hall–Kier alpha value is -0.570. The van der Waals surface area contributed by atoms with Crippen LogP contribution in [0.3, 0.4) is 0 Å². The molecule has 1 atom stereocenters. The second-order valence-corrected chi connectivity index (χ2v) is 4.91. The van der Waals surface area contributed by atoms with E-state index in [2.05, 4.69) is 12.2 Å². The molecule has 2 rings (SSSR count). The van der Waals surface area contributed by atoms with E-state index in [0.717, 1.165) is 31.6 Å². The van der Waals surface area contributed by atoms with Crippen LogP contribution in [0, 0.1) is 5.92 Å². The minimum absolute atomic E-state index is 0.0741. The highest BCUT2D eigenvalue weighted by Crippen LogP contribution is 2.35. The lowest BCUT2D eigenvalue weighted by Gasteiger charge is -2.19. The van der Waals surface area contributed by atoms with Crippen LogP contribution < -0.4 is 11.1 Å². The average Bonchev–Trinajstić information content (AvgIpc) is 3.02. The van der Waals surface area contributed by atoms with E-state index in [1.807, 2.05) is 0 Å². The van der Waals surface area contributed by atoms with Gasteiger partial charge in [-0.2, -0.15) is 0 Å². The topological polar surface area (TPSA) is 55.1 Å². The molecule has 80 valence electrons. The Bertz CT molecular complexity index is 231. The number of nitrogens with one attached hydrogen (secondary N) is 1. The van der Waals surface area contributed by atoms with Crippen LogP contribution in [0.4, 0.5) is 0 Å². The summed E-state index contributed by atoms with van der Waals surface area (Å²) >= 11 is 0. The van der Waals surface area contributed by atoms with Gasteiger partial charge >= 0.3 is 0 Å². The maximum absolute atomic E-state index is 11.7. The van der Waals surface area contributed by atoms with E-state index in [9.17, 15) is 4.79 Å². The van der Waals surface area contributed by atoms with E-state index in [-0.39, 0.29) is 5.91 Å².